The van der Waals surface area contributed by atoms with Gasteiger partial charge in [-0.1, -0.05) is 60.7 Å². The number of fused-ring (bicyclic) bond motifs is 1. The van der Waals surface area contributed by atoms with Gasteiger partial charge in [0.2, 0.25) is 22.1 Å². The van der Waals surface area contributed by atoms with E-state index in [1.165, 1.54) is 11.9 Å². The van der Waals surface area contributed by atoms with Gasteiger partial charge in [-0.3, -0.25) is 9.59 Å². The van der Waals surface area contributed by atoms with E-state index < -0.39 is 50.7 Å². The fourth-order valence-corrected chi connectivity index (χ4v) is 5.42. The summed E-state index contributed by atoms with van der Waals surface area (Å²) < 4.78 is 67.6. The van der Waals surface area contributed by atoms with Crippen molar-refractivity contribution >= 4 is 33.2 Å². The topological polar surface area (TPSA) is 108 Å². The quantitative estimate of drug-likeness (QED) is 0.496. The third-order valence-corrected chi connectivity index (χ3v) is 7.48. The fourth-order valence-electron chi connectivity index (χ4n) is 3.99. The van der Waals surface area contributed by atoms with Crippen molar-refractivity contribution in [2.24, 2.45) is 4.99 Å². The van der Waals surface area contributed by atoms with Crippen molar-refractivity contribution < 1.29 is 31.2 Å². The Morgan fingerprint density at radius 2 is 1.58 bits per heavy atom. The number of sulfonamides is 1. The summed E-state index contributed by atoms with van der Waals surface area (Å²) in [6.07, 6.45) is -6.35. The first-order valence-electron chi connectivity index (χ1n) is 11.4. The lowest BCUT2D eigenvalue weighted by Crippen LogP contribution is -2.52. The number of nitrogens with one attached hydrogen (secondary N) is 2. The third kappa shape index (κ3) is 5.46. The van der Waals surface area contributed by atoms with E-state index in [9.17, 15) is 31.2 Å². The van der Waals surface area contributed by atoms with Crippen LogP contribution >= 0.6 is 0 Å². The predicted octanol–water partition coefficient (Wildman–Crippen LogP) is 3.33. The Bertz CT molecular complexity index is 1510. The van der Waals surface area contributed by atoms with Gasteiger partial charge in [0.05, 0.1) is 27.9 Å². The molecule has 4 rings (SSSR count). The molecule has 2 N–H and O–H groups in total. The van der Waals surface area contributed by atoms with Crippen molar-refractivity contribution in [1.29, 1.82) is 0 Å². The van der Waals surface area contributed by atoms with Crippen LogP contribution in [-0.2, 0) is 25.8 Å². The fraction of sp³-hybridized carbons (Fsp3) is 0.192. The number of carbonyl (C=O) groups excluding carboxylic acids is 2. The average molecular weight is 545 g/mol. The van der Waals surface area contributed by atoms with E-state index in [1.54, 1.807) is 48.5 Å². The molecule has 0 radical (unpaired) electrons. The molecule has 1 aliphatic rings. The number of hydrogen-bond donors (Lipinski definition) is 2. The summed E-state index contributed by atoms with van der Waals surface area (Å²) in [6, 6.07) is 18.1. The van der Waals surface area contributed by atoms with Gasteiger partial charge in [-0.25, -0.2) is 13.4 Å². The summed E-state index contributed by atoms with van der Waals surface area (Å²) in [5.74, 6) is -1.54. The van der Waals surface area contributed by atoms with E-state index in [2.05, 4.69) is 10.3 Å². The maximum atomic E-state index is 13.4. The molecule has 3 aromatic rings. The first-order chi connectivity index (χ1) is 17.9. The van der Waals surface area contributed by atoms with Gasteiger partial charge in [-0.15, -0.1) is 0 Å². The number of halogens is 3. The Hall–Kier alpha value is -4.03. The lowest BCUT2D eigenvalue weighted by Gasteiger charge is -2.22. The number of alkyl halides is 3. The SMILES string of the molecule is CC(NS(=O)(=O)c1ccccc1C(F)(F)F)C(=O)NC1N=C(c2ccccc2)c2ccccc2N(C)C1=O. The normalized spacial score (nSPS) is 16.8. The highest BCUT2D eigenvalue weighted by Gasteiger charge is 2.38. The van der Waals surface area contributed by atoms with E-state index >= 15 is 0 Å². The molecule has 2 atom stereocenters. The summed E-state index contributed by atoms with van der Waals surface area (Å²) in [5, 5.41) is 2.43. The molecule has 2 amide bonds. The van der Waals surface area contributed by atoms with Gasteiger partial charge in [0.25, 0.3) is 5.91 Å². The van der Waals surface area contributed by atoms with Crippen LogP contribution in [-0.4, -0.2) is 45.2 Å². The van der Waals surface area contributed by atoms with E-state index in [-0.39, 0.29) is 0 Å². The third-order valence-electron chi connectivity index (χ3n) is 5.88. The monoisotopic (exact) mass is 544 g/mol. The van der Waals surface area contributed by atoms with Crippen LogP contribution < -0.4 is 14.9 Å². The van der Waals surface area contributed by atoms with Crippen molar-refractivity contribution in [2.45, 2.75) is 30.2 Å². The number of para-hydroxylation sites is 1. The second-order valence-electron chi connectivity index (χ2n) is 8.51. The molecular weight excluding hydrogens is 521 g/mol. The number of carbonyl (C=O) groups is 2. The molecule has 3 aromatic carbocycles. The predicted molar refractivity (Wildman–Crippen MR) is 135 cm³/mol. The minimum Gasteiger partial charge on any atom is -0.325 e. The Kier molecular flexibility index (Phi) is 7.38. The first-order valence-corrected chi connectivity index (χ1v) is 12.9. The van der Waals surface area contributed by atoms with Crippen LogP contribution in [0.5, 0.6) is 0 Å². The van der Waals surface area contributed by atoms with E-state index in [0.29, 0.717) is 28.6 Å². The highest BCUT2D eigenvalue weighted by molar-refractivity contribution is 7.89. The van der Waals surface area contributed by atoms with Crippen molar-refractivity contribution in [3.8, 4) is 0 Å². The van der Waals surface area contributed by atoms with Crippen molar-refractivity contribution in [2.75, 3.05) is 11.9 Å². The molecule has 12 heteroatoms. The summed E-state index contributed by atoms with van der Waals surface area (Å²) in [5.41, 5.74) is 0.935. The maximum Gasteiger partial charge on any atom is 0.417 e. The highest BCUT2D eigenvalue weighted by Crippen LogP contribution is 2.34. The average Bonchev–Trinajstić information content (AvgIpc) is 2.99. The summed E-state index contributed by atoms with van der Waals surface area (Å²) in [4.78, 5) is 31.0. The van der Waals surface area contributed by atoms with Gasteiger partial charge in [0.15, 0.2) is 0 Å². The second kappa shape index (κ2) is 10.4. The molecule has 0 aromatic heterocycles. The standard InChI is InChI=1S/C26H23F3N4O4S/c1-16(32-38(36,37)21-15-9-7-13-19(21)26(27,28)29)24(34)31-23-25(35)33(2)20-14-8-6-12-18(20)22(30-23)17-10-4-3-5-11-17/h3-16,23,32H,1-2H3,(H,31,34). The number of nitrogens with zero attached hydrogens (tertiary/aromatic N) is 2. The van der Waals surface area contributed by atoms with E-state index in [4.69, 9.17) is 0 Å². The molecule has 198 valence electrons. The van der Waals surface area contributed by atoms with Crippen molar-refractivity contribution in [3.05, 3.63) is 95.6 Å². The van der Waals surface area contributed by atoms with Crippen LogP contribution in [0.15, 0.2) is 88.8 Å². The molecule has 0 saturated carbocycles. The van der Waals surface area contributed by atoms with Gasteiger partial charge >= 0.3 is 6.18 Å². The van der Waals surface area contributed by atoms with Crippen LogP contribution in [0.4, 0.5) is 18.9 Å². The Morgan fingerprint density at radius 1 is 0.974 bits per heavy atom. The number of rotatable bonds is 6. The minimum absolute atomic E-state index is 0.427. The molecule has 0 fully saturated rings. The molecular formula is C26H23F3N4O4S. The van der Waals surface area contributed by atoms with Crippen LogP contribution in [0.2, 0.25) is 0 Å². The molecule has 8 nitrogen and oxygen atoms in total. The molecule has 38 heavy (non-hydrogen) atoms. The lowest BCUT2D eigenvalue weighted by atomic mass is 10.0. The number of benzene rings is 3. The smallest absolute Gasteiger partial charge is 0.325 e. The van der Waals surface area contributed by atoms with Crippen LogP contribution in [0.1, 0.15) is 23.6 Å². The minimum atomic E-state index is -4.92. The number of likely N-dealkylation sites (N-methyl/N-ethyl adjacent to an activating group) is 1. The molecule has 0 bridgehead atoms. The van der Waals surface area contributed by atoms with Gasteiger partial charge in [0, 0.05) is 18.2 Å². The zero-order chi connectivity index (χ0) is 27.7. The lowest BCUT2D eigenvalue weighted by molar-refractivity contribution is -0.139. The summed E-state index contributed by atoms with van der Waals surface area (Å²) >= 11 is 0. The number of amides is 2. The Morgan fingerprint density at radius 3 is 2.26 bits per heavy atom. The highest BCUT2D eigenvalue weighted by atomic mass is 32.2. The molecule has 1 aliphatic heterocycles. The van der Waals surface area contributed by atoms with Gasteiger partial charge < -0.3 is 10.2 Å². The van der Waals surface area contributed by atoms with Gasteiger partial charge in [0.1, 0.15) is 0 Å². The molecule has 2 unspecified atom stereocenters. The maximum absolute atomic E-state index is 13.4. The van der Waals surface area contributed by atoms with Gasteiger partial charge in [-0.05, 0) is 25.1 Å². The number of anilines is 1. The Labute approximate surface area is 217 Å². The number of benzodiazepines with no additional fused rings is 1. The molecule has 0 saturated heterocycles. The number of aliphatic imine (C=N–C) groups is 1. The number of hydrogen-bond acceptors (Lipinski definition) is 5. The zero-order valence-corrected chi connectivity index (χ0v) is 21.0. The van der Waals surface area contributed by atoms with E-state index in [1.807, 2.05) is 10.8 Å². The summed E-state index contributed by atoms with van der Waals surface area (Å²) in [6.45, 7) is 1.16. The molecule has 0 spiro atoms. The first kappa shape index (κ1) is 27.0. The van der Waals surface area contributed by atoms with E-state index in [0.717, 1.165) is 25.1 Å². The Balaban J connectivity index is 1.63. The van der Waals surface area contributed by atoms with Gasteiger partial charge in [-0.2, -0.15) is 17.9 Å². The van der Waals surface area contributed by atoms with Crippen LogP contribution in [0, 0.1) is 0 Å². The molecule has 1 heterocycles. The largest absolute Gasteiger partial charge is 0.417 e. The summed E-state index contributed by atoms with van der Waals surface area (Å²) in [7, 11) is -3.23. The van der Waals surface area contributed by atoms with Crippen LogP contribution in [0.3, 0.4) is 0 Å². The van der Waals surface area contributed by atoms with Crippen molar-refractivity contribution in [3.63, 3.8) is 0 Å². The molecule has 0 aliphatic carbocycles. The second-order valence-corrected chi connectivity index (χ2v) is 10.2. The van der Waals surface area contributed by atoms with Crippen LogP contribution in [0.25, 0.3) is 0 Å². The zero-order valence-electron chi connectivity index (χ0n) is 20.2. The van der Waals surface area contributed by atoms with Crippen molar-refractivity contribution in [1.82, 2.24) is 10.0 Å².